The molecule has 0 aromatic heterocycles. The lowest BCUT2D eigenvalue weighted by molar-refractivity contribution is -0.128. The number of hydrogen-bond donors (Lipinski definition) is 0. The number of hydrogen-bond acceptors (Lipinski definition) is 3. The number of benzene rings is 1. The molecule has 0 radical (unpaired) electrons. The third kappa shape index (κ3) is 3.07. The number of nitrogens with zero attached hydrogens (tertiary/aromatic N) is 2. The maximum absolute atomic E-state index is 12.4. The standard InChI is InChI=1S/C16H22N2O2/c1-4-17-7-9-18(10-8-17)16(20)15(19)14-11-12(2)5-6-13(14)3/h5-6,11H,4,7-10H2,1-3H3. The Morgan fingerprint density at radius 3 is 2.35 bits per heavy atom. The number of piperazine rings is 1. The molecule has 0 N–H and O–H groups in total. The number of likely N-dealkylation sites (N-methyl/N-ethyl adjacent to an activating group) is 1. The van der Waals surface area contributed by atoms with Crippen molar-refractivity contribution in [1.29, 1.82) is 0 Å². The van der Waals surface area contributed by atoms with Gasteiger partial charge in [0, 0.05) is 31.7 Å². The maximum Gasteiger partial charge on any atom is 0.295 e. The Kier molecular flexibility index (Phi) is 4.55. The first-order valence-corrected chi connectivity index (χ1v) is 7.16. The minimum atomic E-state index is -0.379. The summed E-state index contributed by atoms with van der Waals surface area (Å²) in [5.41, 5.74) is 2.40. The molecule has 108 valence electrons. The lowest BCUT2D eigenvalue weighted by Crippen LogP contribution is -2.50. The molecule has 20 heavy (non-hydrogen) atoms. The number of carbonyl (C=O) groups is 2. The Morgan fingerprint density at radius 2 is 1.75 bits per heavy atom. The molecule has 1 amide bonds. The smallest absolute Gasteiger partial charge is 0.295 e. The molecular formula is C16H22N2O2. The van der Waals surface area contributed by atoms with Crippen LogP contribution in [0.4, 0.5) is 0 Å². The molecular weight excluding hydrogens is 252 g/mol. The van der Waals surface area contributed by atoms with Crippen LogP contribution in [0.2, 0.25) is 0 Å². The molecule has 0 aliphatic carbocycles. The van der Waals surface area contributed by atoms with Gasteiger partial charge in [0.05, 0.1) is 0 Å². The topological polar surface area (TPSA) is 40.6 Å². The molecule has 1 saturated heterocycles. The third-order valence-corrected chi connectivity index (χ3v) is 3.94. The third-order valence-electron chi connectivity index (χ3n) is 3.94. The first kappa shape index (κ1) is 14.7. The van der Waals surface area contributed by atoms with E-state index in [-0.39, 0.29) is 11.7 Å². The average Bonchev–Trinajstić information content (AvgIpc) is 2.48. The van der Waals surface area contributed by atoms with Gasteiger partial charge in [0.1, 0.15) is 0 Å². The maximum atomic E-state index is 12.4. The highest BCUT2D eigenvalue weighted by molar-refractivity contribution is 6.43. The van der Waals surface area contributed by atoms with Crippen LogP contribution in [-0.4, -0.2) is 54.2 Å². The van der Waals surface area contributed by atoms with Gasteiger partial charge < -0.3 is 9.80 Å². The van der Waals surface area contributed by atoms with Crippen molar-refractivity contribution < 1.29 is 9.59 Å². The molecule has 1 aromatic rings. The van der Waals surface area contributed by atoms with Gasteiger partial charge in [0.25, 0.3) is 11.7 Å². The van der Waals surface area contributed by atoms with Gasteiger partial charge in [0.2, 0.25) is 0 Å². The normalized spacial score (nSPS) is 16.2. The molecule has 4 heteroatoms. The van der Waals surface area contributed by atoms with Crippen LogP contribution in [0.1, 0.15) is 28.4 Å². The van der Waals surface area contributed by atoms with Crippen molar-refractivity contribution in [2.45, 2.75) is 20.8 Å². The SMILES string of the molecule is CCN1CCN(C(=O)C(=O)c2cc(C)ccc2C)CC1. The molecule has 1 aliphatic heterocycles. The highest BCUT2D eigenvalue weighted by Crippen LogP contribution is 2.13. The molecule has 0 bridgehead atoms. The van der Waals surface area contributed by atoms with Crippen molar-refractivity contribution in [3.8, 4) is 0 Å². The van der Waals surface area contributed by atoms with Gasteiger partial charge in [-0.05, 0) is 32.0 Å². The number of Topliss-reactive ketones (excluding diaryl/α,β-unsaturated/α-hetero) is 1. The van der Waals surface area contributed by atoms with Crippen molar-refractivity contribution in [3.63, 3.8) is 0 Å². The largest absolute Gasteiger partial charge is 0.333 e. The lowest BCUT2D eigenvalue weighted by Gasteiger charge is -2.33. The fraction of sp³-hybridized carbons (Fsp3) is 0.500. The predicted molar refractivity (Wildman–Crippen MR) is 78.9 cm³/mol. The van der Waals surface area contributed by atoms with Crippen molar-refractivity contribution in [3.05, 3.63) is 34.9 Å². The van der Waals surface area contributed by atoms with Gasteiger partial charge in [-0.15, -0.1) is 0 Å². The second-order valence-electron chi connectivity index (χ2n) is 5.37. The average molecular weight is 274 g/mol. The van der Waals surface area contributed by atoms with Gasteiger partial charge in [-0.3, -0.25) is 9.59 Å². The second-order valence-corrected chi connectivity index (χ2v) is 5.37. The summed E-state index contributed by atoms with van der Waals surface area (Å²) in [5, 5.41) is 0. The number of carbonyl (C=O) groups excluding carboxylic acids is 2. The summed E-state index contributed by atoms with van der Waals surface area (Å²) in [6.45, 7) is 9.89. The van der Waals surface area contributed by atoms with E-state index < -0.39 is 0 Å². The summed E-state index contributed by atoms with van der Waals surface area (Å²) >= 11 is 0. The summed E-state index contributed by atoms with van der Waals surface area (Å²) < 4.78 is 0. The van der Waals surface area contributed by atoms with E-state index in [0.29, 0.717) is 18.7 Å². The van der Waals surface area contributed by atoms with Crippen LogP contribution in [-0.2, 0) is 4.79 Å². The molecule has 4 nitrogen and oxygen atoms in total. The summed E-state index contributed by atoms with van der Waals surface area (Å²) in [4.78, 5) is 28.6. The Labute approximate surface area is 120 Å². The Morgan fingerprint density at radius 1 is 1.10 bits per heavy atom. The Balaban J connectivity index is 2.09. The summed E-state index contributed by atoms with van der Waals surface area (Å²) in [6.07, 6.45) is 0. The van der Waals surface area contributed by atoms with Crippen LogP contribution < -0.4 is 0 Å². The van der Waals surface area contributed by atoms with Crippen LogP contribution in [0.15, 0.2) is 18.2 Å². The molecule has 0 spiro atoms. The molecule has 1 aliphatic rings. The van der Waals surface area contributed by atoms with Gasteiger partial charge in [-0.2, -0.15) is 0 Å². The first-order valence-electron chi connectivity index (χ1n) is 7.16. The van der Waals surface area contributed by atoms with E-state index in [1.165, 1.54) is 0 Å². The fourth-order valence-corrected chi connectivity index (χ4v) is 2.51. The van der Waals surface area contributed by atoms with E-state index >= 15 is 0 Å². The molecule has 0 unspecified atom stereocenters. The number of aryl methyl sites for hydroxylation is 2. The zero-order valence-corrected chi connectivity index (χ0v) is 12.5. The molecule has 0 atom stereocenters. The number of rotatable bonds is 3. The zero-order valence-electron chi connectivity index (χ0n) is 12.5. The molecule has 0 saturated carbocycles. The van der Waals surface area contributed by atoms with E-state index in [1.54, 1.807) is 11.0 Å². The highest BCUT2D eigenvalue weighted by atomic mass is 16.2. The highest BCUT2D eigenvalue weighted by Gasteiger charge is 2.27. The molecule has 1 heterocycles. The van der Waals surface area contributed by atoms with Crippen LogP contribution in [0.25, 0.3) is 0 Å². The zero-order chi connectivity index (χ0) is 14.7. The Bertz CT molecular complexity index is 517. The molecule has 2 rings (SSSR count). The van der Waals surface area contributed by atoms with Crippen LogP contribution in [0.3, 0.4) is 0 Å². The summed E-state index contributed by atoms with van der Waals surface area (Å²) in [6, 6.07) is 5.65. The van der Waals surface area contributed by atoms with E-state index in [4.69, 9.17) is 0 Å². The quantitative estimate of drug-likeness (QED) is 0.621. The summed E-state index contributed by atoms with van der Waals surface area (Å²) in [7, 11) is 0. The minimum absolute atomic E-state index is 0.366. The Hall–Kier alpha value is -1.68. The lowest BCUT2D eigenvalue weighted by atomic mass is 10.0. The van der Waals surface area contributed by atoms with E-state index in [1.807, 2.05) is 26.0 Å². The first-order chi connectivity index (χ1) is 9.52. The van der Waals surface area contributed by atoms with E-state index in [0.717, 1.165) is 30.8 Å². The molecule has 1 fully saturated rings. The van der Waals surface area contributed by atoms with Crippen molar-refractivity contribution in [2.75, 3.05) is 32.7 Å². The van der Waals surface area contributed by atoms with Gasteiger partial charge in [-0.1, -0.05) is 24.6 Å². The second kappa shape index (κ2) is 6.18. The van der Waals surface area contributed by atoms with Crippen LogP contribution in [0, 0.1) is 13.8 Å². The van der Waals surface area contributed by atoms with Crippen LogP contribution in [0.5, 0.6) is 0 Å². The number of amides is 1. The van der Waals surface area contributed by atoms with Crippen molar-refractivity contribution in [1.82, 2.24) is 9.80 Å². The minimum Gasteiger partial charge on any atom is -0.333 e. The van der Waals surface area contributed by atoms with Gasteiger partial charge in [-0.25, -0.2) is 0 Å². The van der Waals surface area contributed by atoms with E-state index in [2.05, 4.69) is 11.8 Å². The van der Waals surface area contributed by atoms with Gasteiger partial charge >= 0.3 is 0 Å². The number of ketones is 1. The van der Waals surface area contributed by atoms with Gasteiger partial charge in [0.15, 0.2) is 0 Å². The monoisotopic (exact) mass is 274 g/mol. The summed E-state index contributed by atoms with van der Waals surface area (Å²) in [5.74, 6) is -0.745. The van der Waals surface area contributed by atoms with Crippen LogP contribution >= 0.6 is 0 Å². The van der Waals surface area contributed by atoms with Crippen molar-refractivity contribution in [2.24, 2.45) is 0 Å². The predicted octanol–water partition coefficient (Wildman–Crippen LogP) is 1.65. The molecule has 1 aromatic carbocycles. The van der Waals surface area contributed by atoms with Crippen molar-refractivity contribution >= 4 is 11.7 Å². The van der Waals surface area contributed by atoms with E-state index in [9.17, 15) is 9.59 Å². The fourth-order valence-electron chi connectivity index (χ4n) is 2.51.